The molecule has 0 bridgehead atoms. The van der Waals surface area contributed by atoms with Crippen LogP contribution in [0.15, 0.2) is 23.5 Å². The lowest BCUT2D eigenvalue weighted by molar-refractivity contribution is 0.228. The van der Waals surface area contributed by atoms with E-state index in [1.165, 1.54) is 0 Å². The Balaban J connectivity index is 1.97. The molecule has 3 heterocycles. The highest BCUT2D eigenvalue weighted by Crippen LogP contribution is 2.20. The minimum absolute atomic E-state index is 0.127. The maximum Gasteiger partial charge on any atom is 0.139 e. The highest BCUT2D eigenvalue weighted by Gasteiger charge is 2.09. The van der Waals surface area contributed by atoms with Gasteiger partial charge in [0.2, 0.25) is 0 Å². The smallest absolute Gasteiger partial charge is 0.139 e. The van der Waals surface area contributed by atoms with E-state index in [-0.39, 0.29) is 5.92 Å². The van der Waals surface area contributed by atoms with Crippen molar-refractivity contribution in [2.75, 3.05) is 0 Å². The van der Waals surface area contributed by atoms with Gasteiger partial charge in [0, 0.05) is 17.5 Å². The van der Waals surface area contributed by atoms with Gasteiger partial charge >= 0.3 is 0 Å². The number of rotatable bonds is 3. The Hall–Kier alpha value is -2.41. The zero-order chi connectivity index (χ0) is 14.1. The van der Waals surface area contributed by atoms with E-state index in [9.17, 15) is 0 Å². The van der Waals surface area contributed by atoms with Crippen LogP contribution in [0.4, 0.5) is 0 Å². The number of hydroxylamine groups is 1. The molecule has 0 fully saturated rings. The molecule has 0 aliphatic carbocycles. The Morgan fingerprint density at radius 1 is 1.50 bits per heavy atom. The van der Waals surface area contributed by atoms with Crippen molar-refractivity contribution in [2.45, 2.75) is 20.4 Å². The van der Waals surface area contributed by atoms with E-state index in [4.69, 9.17) is 5.21 Å². The molecule has 0 aliphatic rings. The molecule has 0 unspecified atom stereocenters. The van der Waals surface area contributed by atoms with Crippen molar-refractivity contribution in [3.63, 3.8) is 0 Å². The van der Waals surface area contributed by atoms with Gasteiger partial charge in [-0.3, -0.25) is 15.7 Å². The van der Waals surface area contributed by atoms with E-state index in [1.807, 2.05) is 26.1 Å². The topological polar surface area (TPSA) is 102 Å². The number of nitrogens with one attached hydrogen (secondary N) is 3. The van der Waals surface area contributed by atoms with Crippen molar-refractivity contribution in [1.82, 2.24) is 25.4 Å². The van der Waals surface area contributed by atoms with Gasteiger partial charge in [-0.2, -0.15) is 0 Å². The number of H-pyrrole nitrogens is 2. The SMILES string of the molecule is CC(C)C(=NCc1nc2c(cnc3[nH]ccc32)[nH]1)NO. The molecule has 0 saturated heterocycles. The Bertz CT molecular complexity index is 769. The molecule has 3 aromatic heterocycles. The van der Waals surface area contributed by atoms with Gasteiger partial charge < -0.3 is 9.97 Å². The molecule has 3 rings (SSSR count). The largest absolute Gasteiger partial charge is 0.346 e. The predicted molar refractivity (Wildman–Crippen MR) is 76.6 cm³/mol. The number of aliphatic imine (C=N–C) groups is 1. The van der Waals surface area contributed by atoms with Crippen LogP contribution in [0.2, 0.25) is 0 Å². The summed E-state index contributed by atoms with van der Waals surface area (Å²) in [5, 5.41) is 9.99. The number of pyridine rings is 1. The second kappa shape index (κ2) is 4.93. The number of nitrogens with zero attached hydrogens (tertiary/aromatic N) is 3. The lowest BCUT2D eigenvalue weighted by atomic mass is 10.2. The van der Waals surface area contributed by atoms with Crippen LogP contribution >= 0.6 is 0 Å². The standard InChI is InChI=1S/C13H16N6O/c1-7(2)12(19-20)16-6-10-17-9-5-15-13-8(3-4-14-13)11(9)18-10/h3-5,7,20H,6H2,1-2H3,(H,14,15)(H,16,19)(H,17,18). The van der Waals surface area contributed by atoms with Crippen LogP contribution in [-0.4, -0.2) is 31.0 Å². The van der Waals surface area contributed by atoms with Crippen molar-refractivity contribution < 1.29 is 5.21 Å². The van der Waals surface area contributed by atoms with Crippen LogP contribution in [0.1, 0.15) is 19.7 Å². The maximum atomic E-state index is 9.00. The fourth-order valence-corrected chi connectivity index (χ4v) is 2.11. The summed E-state index contributed by atoms with van der Waals surface area (Å²) in [6.45, 7) is 4.28. The molecule has 0 aromatic carbocycles. The number of imidazole rings is 1. The van der Waals surface area contributed by atoms with Crippen molar-refractivity contribution >= 4 is 27.9 Å². The third-order valence-corrected chi connectivity index (χ3v) is 3.14. The van der Waals surface area contributed by atoms with Gasteiger partial charge in [0.15, 0.2) is 0 Å². The molecule has 7 nitrogen and oxygen atoms in total. The number of fused-ring (bicyclic) bond motifs is 3. The molecule has 4 N–H and O–H groups in total. The van der Waals surface area contributed by atoms with Crippen LogP contribution in [0.3, 0.4) is 0 Å². The summed E-state index contributed by atoms with van der Waals surface area (Å²) in [5.74, 6) is 1.40. The highest BCUT2D eigenvalue weighted by atomic mass is 16.5. The van der Waals surface area contributed by atoms with E-state index < -0.39 is 0 Å². The van der Waals surface area contributed by atoms with E-state index in [0.29, 0.717) is 12.4 Å². The van der Waals surface area contributed by atoms with Crippen LogP contribution in [0.5, 0.6) is 0 Å². The molecule has 3 aromatic rings. The number of hydrogen-bond acceptors (Lipinski definition) is 4. The molecule has 0 atom stereocenters. The van der Waals surface area contributed by atoms with E-state index in [1.54, 1.807) is 6.20 Å². The number of hydrogen-bond donors (Lipinski definition) is 4. The summed E-state index contributed by atoms with van der Waals surface area (Å²) in [6.07, 6.45) is 3.60. The number of aromatic nitrogens is 4. The molecule has 0 spiro atoms. The lowest BCUT2D eigenvalue weighted by Gasteiger charge is -2.06. The van der Waals surface area contributed by atoms with Crippen molar-refractivity contribution in [1.29, 1.82) is 0 Å². The molecule has 0 saturated carbocycles. The zero-order valence-corrected chi connectivity index (χ0v) is 11.3. The third-order valence-electron chi connectivity index (χ3n) is 3.14. The Morgan fingerprint density at radius 3 is 3.10 bits per heavy atom. The molecule has 104 valence electrons. The van der Waals surface area contributed by atoms with E-state index in [2.05, 4.69) is 30.4 Å². The van der Waals surface area contributed by atoms with E-state index >= 15 is 0 Å². The van der Waals surface area contributed by atoms with Crippen LogP contribution < -0.4 is 5.48 Å². The molecule has 0 radical (unpaired) electrons. The Labute approximate surface area is 115 Å². The summed E-state index contributed by atoms with van der Waals surface area (Å²) in [4.78, 5) is 19.4. The normalized spacial score (nSPS) is 12.7. The first-order valence-corrected chi connectivity index (χ1v) is 6.44. The summed E-state index contributed by atoms with van der Waals surface area (Å²) in [5.41, 5.74) is 4.70. The van der Waals surface area contributed by atoms with Crippen molar-refractivity contribution in [3.05, 3.63) is 24.3 Å². The van der Waals surface area contributed by atoms with Gasteiger partial charge in [-0.25, -0.2) is 9.97 Å². The summed E-state index contributed by atoms with van der Waals surface area (Å²) in [6, 6.07) is 1.95. The monoisotopic (exact) mass is 272 g/mol. The van der Waals surface area contributed by atoms with Crippen LogP contribution in [0.25, 0.3) is 22.1 Å². The first-order chi connectivity index (χ1) is 9.69. The number of amidine groups is 1. The third kappa shape index (κ3) is 2.12. The minimum atomic E-state index is 0.127. The molecule has 0 aliphatic heterocycles. The van der Waals surface area contributed by atoms with Crippen LogP contribution in [0, 0.1) is 5.92 Å². The fraction of sp³-hybridized carbons (Fsp3) is 0.308. The molecule has 0 amide bonds. The summed E-state index contributed by atoms with van der Waals surface area (Å²) < 4.78 is 0. The van der Waals surface area contributed by atoms with Crippen molar-refractivity contribution in [3.8, 4) is 0 Å². The van der Waals surface area contributed by atoms with Gasteiger partial charge in [-0.15, -0.1) is 0 Å². The second-order valence-electron chi connectivity index (χ2n) is 4.91. The predicted octanol–water partition coefficient (Wildman–Crippen LogP) is 1.97. The quantitative estimate of drug-likeness (QED) is 0.332. The maximum absolute atomic E-state index is 9.00. The highest BCUT2D eigenvalue weighted by molar-refractivity contribution is 6.00. The first-order valence-electron chi connectivity index (χ1n) is 6.44. The average Bonchev–Trinajstić information content (AvgIpc) is 3.03. The molecule has 20 heavy (non-hydrogen) atoms. The molecule has 7 heteroatoms. The summed E-state index contributed by atoms with van der Waals surface area (Å²) in [7, 11) is 0. The zero-order valence-electron chi connectivity index (χ0n) is 11.3. The van der Waals surface area contributed by atoms with Gasteiger partial charge in [0.1, 0.15) is 22.8 Å². The van der Waals surface area contributed by atoms with Gasteiger partial charge in [0.05, 0.1) is 18.3 Å². The van der Waals surface area contributed by atoms with Gasteiger partial charge in [-0.05, 0) is 6.07 Å². The number of aromatic amines is 2. The minimum Gasteiger partial charge on any atom is -0.346 e. The molecular weight excluding hydrogens is 256 g/mol. The molecular formula is C13H16N6O. The summed E-state index contributed by atoms with van der Waals surface area (Å²) >= 11 is 0. The Kier molecular flexibility index (Phi) is 3.11. The second-order valence-corrected chi connectivity index (χ2v) is 4.91. The average molecular weight is 272 g/mol. The first kappa shape index (κ1) is 12.6. The van der Waals surface area contributed by atoms with Gasteiger partial charge in [0.25, 0.3) is 0 Å². The lowest BCUT2D eigenvalue weighted by Crippen LogP contribution is -2.24. The van der Waals surface area contributed by atoms with E-state index in [0.717, 1.165) is 27.9 Å². The fourth-order valence-electron chi connectivity index (χ4n) is 2.11. The Morgan fingerprint density at radius 2 is 2.35 bits per heavy atom. The van der Waals surface area contributed by atoms with Crippen molar-refractivity contribution in [2.24, 2.45) is 10.9 Å². The van der Waals surface area contributed by atoms with Crippen LogP contribution in [-0.2, 0) is 6.54 Å². The van der Waals surface area contributed by atoms with Gasteiger partial charge in [-0.1, -0.05) is 13.8 Å².